The van der Waals surface area contributed by atoms with Gasteiger partial charge >= 0.3 is 5.97 Å². The van der Waals surface area contributed by atoms with E-state index in [0.29, 0.717) is 12.3 Å². The highest BCUT2D eigenvalue weighted by molar-refractivity contribution is 5.69. The lowest BCUT2D eigenvalue weighted by molar-refractivity contribution is -0.149. The van der Waals surface area contributed by atoms with Crippen LogP contribution in [0.5, 0.6) is 0 Å². The second-order valence-corrected chi connectivity index (χ2v) is 6.47. The molecule has 1 aromatic rings. The topological polar surface area (TPSA) is 26.3 Å². The van der Waals surface area contributed by atoms with Crippen LogP contribution in [0.25, 0.3) is 0 Å². The molecule has 0 radical (unpaired) electrons. The summed E-state index contributed by atoms with van der Waals surface area (Å²) in [6.07, 6.45) is 6.30. The number of halogens is 1. The van der Waals surface area contributed by atoms with Gasteiger partial charge in [0.1, 0.15) is 11.9 Å². The lowest BCUT2D eigenvalue weighted by Crippen LogP contribution is -2.30. The van der Waals surface area contributed by atoms with Gasteiger partial charge in [-0.25, -0.2) is 4.39 Å². The van der Waals surface area contributed by atoms with Crippen LogP contribution in [0.1, 0.15) is 69.4 Å². The van der Waals surface area contributed by atoms with Crippen LogP contribution in [0.2, 0.25) is 0 Å². The van der Waals surface area contributed by atoms with Gasteiger partial charge in [0.15, 0.2) is 0 Å². The van der Waals surface area contributed by atoms with Gasteiger partial charge in [0, 0.05) is 12.3 Å². The first-order chi connectivity index (χ1) is 10.5. The van der Waals surface area contributed by atoms with Crippen LogP contribution in [0.15, 0.2) is 18.2 Å². The summed E-state index contributed by atoms with van der Waals surface area (Å²) in [6, 6.07) is 4.98. The van der Waals surface area contributed by atoms with E-state index in [-0.39, 0.29) is 23.8 Å². The minimum Gasteiger partial charge on any atom is -0.462 e. The molecule has 0 aliphatic heterocycles. The zero-order valence-corrected chi connectivity index (χ0v) is 13.9. The average molecular weight is 306 g/mol. The number of hydrogen-bond donors (Lipinski definition) is 0. The van der Waals surface area contributed by atoms with Gasteiger partial charge in [-0.2, -0.15) is 0 Å². The zero-order valence-electron chi connectivity index (χ0n) is 13.9. The summed E-state index contributed by atoms with van der Waals surface area (Å²) in [5.41, 5.74) is 2.08. The standard InChI is InChI=1S/C19H27FO2/c1-4-18(21)22-14(3)19(15-8-6-5-7-9-15)17-11-10-16(20)12-13(17)2/h10-12,14-15,19H,4-9H2,1-3H3/t14?,19-/m0/s1. The van der Waals surface area contributed by atoms with Crippen LogP contribution < -0.4 is 0 Å². The van der Waals surface area contributed by atoms with Crippen molar-refractivity contribution in [2.75, 3.05) is 0 Å². The molecule has 22 heavy (non-hydrogen) atoms. The molecule has 0 aromatic heterocycles. The molecular weight excluding hydrogens is 279 g/mol. The van der Waals surface area contributed by atoms with Gasteiger partial charge in [-0.15, -0.1) is 0 Å². The first kappa shape index (κ1) is 17.0. The Morgan fingerprint density at radius 2 is 2.00 bits per heavy atom. The molecule has 2 nitrogen and oxygen atoms in total. The van der Waals surface area contributed by atoms with Gasteiger partial charge in [-0.1, -0.05) is 32.3 Å². The number of hydrogen-bond acceptors (Lipinski definition) is 2. The maximum atomic E-state index is 13.4. The Morgan fingerprint density at radius 1 is 1.32 bits per heavy atom. The highest BCUT2D eigenvalue weighted by Crippen LogP contribution is 2.40. The molecule has 1 unspecified atom stereocenters. The summed E-state index contributed by atoms with van der Waals surface area (Å²) in [5.74, 6) is 0.309. The molecule has 1 aliphatic rings. The predicted octanol–water partition coefficient (Wildman–Crippen LogP) is 5.14. The highest BCUT2D eigenvalue weighted by atomic mass is 19.1. The van der Waals surface area contributed by atoms with Gasteiger partial charge in [-0.3, -0.25) is 4.79 Å². The normalized spacial score (nSPS) is 18.7. The lowest BCUT2D eigenvalue weighted by atomic mass is 9.73. The Labute approximate surface area is 133 Å². The Morgan fingerprint density at radius 3 is 2.59 bits per heavy atom. The fourth-order valence-corrected chi connectivity index (χ4v) is 3.76. The second-order valence-electron chi connectivity index (χ2n) is 6.47. The van der Waals surface area contributed by atoms with Gasteiger partial charge in [0.2, 0.25) is 0 Å². The summed E-state index contributed by atoms with van der Waals surface area (Å²) in [5, 5.41) is 0. The Hall–Kier alpha value is -1.38. The molecule has 2 rings (SSSR count). The maximum absolute atomic E-state index is 13.4. The molecule has 0 spiro atoms. The van der Waals surface area contributed by atoms with Crippen LogP contribution in [0.3, 0.4) is 0 Å². The van der Waals surface area contributed by atoms with Crippen molar-refractivity contribution in [2.24, 2.45) is 5.92 Å². The van der Waals surface area contributed by atoms with Crippen LogP contribution in [0, 0.1) is 18.7 Å². The van der Waals surface area contributed by atoms with E-state index < -0.39 is 0 Å². The van der Waals surface area contributed by atoms with E-state index in [2.05, 4.69) is 0 Å². The molecular formula is C19H27FO2. The number of carbonyl (C=O) groups is 1. The number of esters is 1. The number of ether oxygens (including phenoxy) is 1. The fourth-order valence-electron chi connectivity index (χ4n) is 3.76. The summed E-state index contributed by atoms with van der Waals surface area (Å²) in [7, 11) is 0. The first-order valence-electron chi connectivity index (χ1n) is 8.48. The summed E-state index contributed by atoms with van der Waals surface area (Å²) in [6.45, 7) is 5.74. The third kappa shape index (κ3) is 4.08. The molecule has 122 valence electrons. The smallest absolute Gasteiger partial charge is 0.305 e. The lowest BCUT2D eigenvalue weighted by Gasteiger charge is -2.35. The summed E-state index contributed by atoms with van der Waals surface area (Å²) in [4.78, 5) is 11.7. The molecule has 0 saturated heterocycles. The largest absolute Gasteiger partial charge is 0.462 e. The van der Waals surface area contributed by atoms with Crippen molar-refractivity contribution in [2.45, 2.75) is 71.3 Å². The van der Waals surface area contributed by atoms with Crippen LogP contribution >= 0.6 is 0 Å². The minimum atomic E-state index is -0.207. The van der Waals surface area contributed by atoms with Crippen molar-refractivity contribution < 1.29 is 13.9 Å². The van der Waals surface area contributed by atoms with E-state index in [0.717, 1.165) is 24.0 Å². The van der Waals surface area contributed by atoms with Crippen LogP contribution in [0.4, 0.5) is 4.39 Å². The third-order valence-electron chi connectivity index (χ3n) is 4.86. The van der Waals surface area contributed by atoms with Gasteiger partial charge in [0.25, 0.3) is 0 Å². The molecule has 0 bridgehead atoms. The zero-order chi connectivity index (χ0) is 16.1. The van der Waals surface area contributed by atoms with E-state index in [9.17, 15) is 9.18 Å². The fraction of sp³-hybridized carbons (Fsp3) is 0.632. The Kier molecular flexibility index (Phi) is 5.98. The molecule has 3 heteroatoms. The number of benzene rings is 1. The molecule has 1 aromatic carbocycles. The van der Waals surface area contributed by atoms with Crippen molar-refractivity contribution >= 4 is 5.97 Å². The number of aryl methyl sites for hydroxylation is 1. The van der Waals surface area contributed by atoms with Crippen molar-refractivity contribution in [3.8, 4) is 0 Å². The molecule has 0 heterocycles. The average Bonchev–Trinajstić information content (AvgIpc) is 2.50. The third-order valence-corrected chi connectivity index (χ3v) is 4.86. The molecule has 1 aliphatic carbocycles. The van der Waals surface area contributed by atoms with E-state index in [1.807, 2.05) is 26.8 Å². The van der Waals surface area contributed by atoms with E-state index in [1.54, 1.807) is 6.07 Å². The van der Waals surface area contributed by atoms with Crippen molar-refractivity contribution in [1.82, 2.24) is 0 Å². The van der Waals surface area contributed by atoms with Crippen molar-refractivity contribution in [3.05, 3.63) is 35.1 Å². The van der Waals surface area contributed by atoms with Gasteiger partial charge < -0.3 is 4.74 Å². The van der Waals surface area contributed by atoms with Crippen molar-refractivity contribution in [1.29, 1.82) is 0 Å². The van der Waals surface area contributed by atoms with E-state index >= 15 is 0 Å². The molecule has 1 saturated carbocycles. The molecule has 1 fully saturated rings. The van der Waals surface area contributed by atoms with Gasteiger partial charge in [0.05, 0.1) is 0 Å². The van der Waals surface area contributed by atoms with E-state index in [1.165, 1.54) is 25.3 Å². The molecule has 2 atom stereocenters. The monoisotopic (exact) mass is 306 g/mol. The van der Waals surface area contributed by atoms with Crippen molar-refractivity contribution in [3.63, 3.8) is 0 Å². The minimum absolute atomic E-state index is 0.159. The SMILES string of the molecule is CCC(=O)OC(C)[C@H](c1ccc(F)cc1C)C1CCCCC1. The summed E-state index contributed by atoms with van der Waals surface area (Å²) >= 11 is 0. The second kappa shape index (κ2) is 7.75. The van der Waals surface area contributed by atoms with Crippen LogP contribution in [-0.2, 0) is 9.53 Å². The Balaban J connectivity index is 2.29. The maximum Gasteiger partial charge on any atom is 0.305 e. The summed E-state index contributed by atoms with van der Waals surface area (Å²) < 4.78 is 19.1. The first-order valence-corrected chi connectivity index (χ1v) is 8.48. The van der Waals surface area contributed by atoms with Crippen LogP contribution in [-0.4, -0.2) is 12.1 Å². The molecule has 0 amide bonds. The number of carbonyl (C=O) groups excluding carboxylic acids is 1. The number of rotatable bonds is 5. The quantitative estimate of drug-likeness (QED) is 0.704. The van der Waals surface area contributed by atoms with E-state index in [4.69, 9.17) is 4.74 Å². The molecule has 0 N–H and O–H groups in total. The Bertz CT molecular complexity index is 506. The van der Waals surface area contributed by atoms with Gasteiger partial charge in [-0.05, 0) is 55.9 Å². The predicted molar refractivity (Wildman–Crippen MR) is 86.3 cm³/mol. The highest BCUT2D eigenvalue weighted by Gasteiger charge is 2.32.